The molecule has 0 aromatic carbocycles. The number of imidazole rings is 1. The predicted octanol–water partition coefficient (Wildman–Crippen LogP) is -10.6. The van der Waals surface area contributed by atoms with Gasteiger partial charge in [-0.15, -0.1) is 0 Å². The number of thioether (sulfide) groups is 1. The summed E-state index contributed by atoms with van der Waals surface area (Å²) < 4.78 is 61.1. The molecule has 58 heavy (non-hydrogen) atoms. The van der Waals surface area contributed by atoms with Crippen molar-refractivity contribution in [3.8, 4) is 0 Å². The summed E-state index contributed by atoms with van der Waals surface area (Å²) >= 11 is 1.11. The third-order valence-corrected chi connectivity index (χ3v) is 11.7. The molecule has 7 atom stereocenters. The van der Waals surface area contributed by atoms with Crippen LogP contribution in [0.4, 0.5) is 5.82 Å². The van der Waals surface area contributed by atoms with Crippen molar-refractivity contribution < 1.29 is 137 Å². The van der Waals surface area contributed by atoms with Crippen LogP contribution in [0.15, 0.2) is 12.7 Å². The van der Waals surface area contributed by atoms with Gasteiger partial charge in [0.1, 0.15) is 30.3 Å². The topological polar surface area (TPSA) is 372 Å². The molecule has 1 fully saturated rings. The van der Waals surface area contributed by atoms with Gasteiger partial charge in [0.05, 0.1) is 33.5 Å². The van der Waals surface area contributed by atoms with Gasteiger partial charge in [0.2, 0.25) is 11.8 Å². The van der Waals surface area contributed by atoms with Crippen LogP contribution in [0.3, 0.4) is 0 Å². The van der Waals surface area contributed by atoms with Gasteiger partial charge in [0, 0.05) is 37.1 Å². The van der Waals surface area contributed by atoms with E-state index in [0.29, 0.717) is 12.2 Å². The third kappa shape index (κ3) is 18.4. The molecule has 0 radical (unpaired) electrons. The van der Waals surface area contributed by atoms with E-state index in [1.165, 1.54) is 13.8 Å². The Kier molecular flexibility index (Phi) is 25.2. The van der Waals surface area contributed by atoms with Crippen molar-refractivity contribution in [2.45, 2.75) is 83.5 Å². The number of aliphatic hydroxyl groups excluding tert-OH is 1. The fourth-order valence-electron chi connectivity index (χ4n) is 4.86. The maximum absolute atomic E-state index is 13.2. The van der Waals surface area contributed by atoms with E-state index < -0.39 is 84.6 Å². The minimum atomic E-state index is -5.86. The monoisotopic (exact) mass is 883 g/mol. The van der Waals surface area contributed by atoms with Gasteiger partial charge in [-0.1, -0.05) is 45.4 Å². The molecular formula is C27H43Li3N7O17P3S. The van der Waals surface area contributed by atoms with Gasteiger partial charge in [-0.3, -0.25) is 28.0 Å². The van der Waals surface area contributed by atoms with Crippen molar-refractivity contribution in [3.63, 3.8) is 0 Å². The van der Waals surface area contributed by atoms with Crippen molar-refractivity contribution in [2.24, 2.45) is 5.41 Å². The molecule has 0 saturated carbocycles. The van der Waals surface area contributed by atoms with Crippen LogP contribution in [0, 0.1) is 5.41 Å². The number of unbranched alkanes of at least 4 members (excludes halogenated alkanes) is 2. The molecule has 3 heterocycles. The van der Waals surface area contributed by atoms with Crippen LogP contribution in [0.2, 0.25) is 0 Å². The second-order valence-electron chi connectivity index (χ2n) is 12.7. The first kappa shape index (κ1) is 57.4. The Balaban J connectivity index is 0.0000108. The molecule has 3 rings (SSSR count). The Morgan fingerprint density at radius 1 is 1.03 bits per heavy atom. The summed E-state index contributed by atoms with van der Waals surface area (Å²) in [7, 11) is -17.0. The van der Waals surface area contributed by atoms with E-state index in [4.69, 9.17) is 15.0 Å². The van der Waals surface area contributed by atoms with Gasteiger partial charge >= 0.3 is 72.2 Å². The number of anilines is 1. The van der Waals surface area contributed by atoms with Crippen LogP contribution in [-0.2, 0) is 50.7 Å². The number of nitrogen functional groups attached to an aromatic ring is 1. The summed E-state index contributed by atoms with van der Waals surface area (Å²) in [4.78, 5) is 91.1. The quantitative estimate of drug-likeness (QED) is 0.0343. The average Bonchev–Trinajstić information content (AvgIpc) is 3.64. The number of rotatable bonds is 23. The molecule has 0 spiro atoms. The van der Waals surface area contributed by atoms with Gasteiger partial charge < -0.3 is 60.0 Å². The Hall–Kier alpha value is -0.648. The number of aromatic nitrogens is 4. The number of phosphoric ester groups is 3. The van der Waals surface area contributed by atoms with E-state index in [2.05, 4.69) is 38.9 Å². The summed E-state index contributed by atoms with van der Waals surface area (Å²) in [6, 6.07) is 0. The van der Waals surface area contributed by atoms with Crippen molar-refractivity contribution in [1.29, 1.82) is 0 Å². The molecule has 2 aromatic heterocycles. The number of phosphoric acid groups is 3. The van der Waals surface area contributed by atoms with Gasteiger partial charge in [-0.05, 0) is 12.5 Å². The fraction of sp³-hybridized carbons (Fsp3) is 0.704. The SMILES string of the molecule is CCCCCC(=O)SCCNC(=O)CCNC(=O)C(O)C(C)(C)COP(=O)(O)OP(=O)(O)OCC1OC(n2cnc3c(N)ncnc32)C([O-])C1OP(=O)([O-])[O-].[Li+].[Li+].[Li+]. The molecule has 0 bridgehead atoms. The van der Waals surface area contributed by atoms with E-state index in [-0.39, 0.29) is 98.2 Å². The van der Waals surface area contributed by atoms with Crippen molar-refractivity contribution >= 4 is 69.1 Å². The number of hydrogen-bond donors (Lipinski definition) is 6. The molecule has 31 heteroatoms. The first-order valence-electron chi connectivity index (χ1n) is 16.5. The number of nitrogens with zero attached hydrogens (tertiary/aromatic N) is 4. The normalized spacial score (nSPS) is 20.7. The summed E-state index contributed by atoms with van der Waals surface area (Å²) in [6.07, 6.45) is -4.66. The molecule has 312 valence electrons. The minimum Gasteiger partial charge on any atom is -0.847 e. The number of carbonyl (C=O) groups is 3. The second kappa shape index (κ2) is 25.5. The zero-order chi connectivity index (χ0) is 41.2. The number of ether oxygens (including phenoxy) is 1. The molecular weight excluding hydrogens is 840 g/mol. The largest absolute Gasteiger partial charge is 1.00 e. The second-order valence-corrected chi connectivity index (χ2v) is 18.0. The van der Waals surface area contributed by atoms with E-state index in [1.54, 1.807) is 0 Å². The van der Waals surface area contributed by atoms with E-state index >= 15 is 0 Å². The summed E-state index contributed by atoms with van der Waals surface area (Å²) in [5.41, 5.74) is 4.10. The van der Waals surface area contributed by atoms with Crippen LogP contribution >= 0.6 is 35.2 Å². The number of amides is 2. The van der Waals surface area contributed by atoms with Crippen molar-refractivity contribution in [3.05, 3.63) is 12.7 Å². The number of carbonyl (C=O) groups excluding carboxylic acids is 3. The number of aliphatic hydroxyl groups is 1. The number of hydrogen-bond acceptors (Lipinski definition) is 20. The third-order valence-electron chi connectivity index (χ3n) is 7.72. The standard InChI is InChI=1S/C27H45N7O17P3S.3Li/c1-4-5-6-7-18(36)55-11-10-29-17(35)8-9-30-25(39)22(38)27(2,3)13-48-54(45,46)51-53(43,44)47-12-16-21(50-52(40,41)42)20(37)26(49-16)34-15-33-19-23(28)31-14-32-24(19)34;;;/h14-16,20-22,26,38H,4-13H2,1-3H3,(H,29,35)(H,30,39)(H,43,44)(H,45,46)(H2,28,31,32)(H2,40,41,42);;;/q-1;3*+1/p-2. The Labute approximate surface area is 373 Å². The van der Waals surface area contributed by atoms with Crippen LogP contribution in [0.5, 0.6) is 0 Å². The zero-order valence-corrected chi connectivity index (χ0v) is 36.3. The van der Waals surface area contributed by atoms with Gasteiger partial charge in [-0.25, -0.2) is 24.1 Å². The van der Waals surface area contributed by atoms with E-state index in [1.807, 2.05) is 6.92 Å². The van der Waals surface area contributed by atoms with Gasteiger partial charge in [0.15, 0.2) is 16.6 Å². The fourth-order valence-corrected chi connectivity index (χ4v) is 8.38. The minimum absolute atomic E-state index is 0. The number of nitrogens with two attached hydrogens (primary N) is 1. The van der Waals surface area contributed by atoms with E-state index in [9.17, 15) is 57.9 Å². The van der Waals surface area contributed by atoms with Crippen LogP contribution in [-0.4, -0.2) is 108 Å². The average molecular weight is 883 g/mol. The van der Waals surface area contributed by atoms with Crippen LogP contribution in [0.1, 0.15) is 59.1 Å². The molecule has 7 unspecified atom stereocenters. The smallest absolute Gasteiger partial charge is 0.847 e. The molecule has 0 aliphatic carbocycles. The molecule has 7 N–H and O–H groups in total. The molecule has 1 aliphatic rings. The Morgan fingerprint density at radius 2 is 1.69 bits per heavy atom. The maximum Gasteiger partial charge on any atom is 1.00 e. The summed E-state index contributed by atoms with van der Waals surface area (Å²) in [6.45, 7) is 2.42. The first-order chi connectivity index (χ1) is 25.6. The first-order valence-corrected chi connectivity index (χ1v) is 22.0. The van der Waals surface area contributed by atoms with Crippen molar-refractivity contribution in [1.82, 2.24) is 30.2 Å². The van der Waals surface area contributed by atoms with Gasteiger partial charge in [-0.2, -0.15) is 4.31 Å². The molecule has 2 aromatic rings. The van der Waals surface area contributed by atoms with Crippen LogP contribution in [0.25, 0.3) is 11.2 Å². The zero-order valence-electron chi connectivity index (χ0n) is 32.8. The number of nitrogens with one attached hydrogen (secondary N) is 2. The van der Waals surface area contributed by atoms with Crippen molar-refractivity contribution in [2.75, 3.05) is 37.8 Å². The molecule has 2 amide bonds. The maximum atomic E-state index is 13.2. The Morgan fingerprint density at radius 3 is 2.33 bits per heavy atom. The predicted molar refractivity (Wildman–Crippen MR) is 185 cm³/mol. The van der Waals surface area contributed by atoms with E-state index in [0.717, 1.165) is 48.2 Å². The number of fused-ring (bicyclic) bond motifs is 1. The summed E-state index contributed by atoms with van der Waals surface area (Å²) in [5.74, 6) is -1.11. The molecule has 1 aliphatic heterocycles. The van der Waals surface area contributed by atoms with Crippen LogP contribution < -0.4 is 87.8 Å². The molecule has 1 saturated heterocycles. The summed E-state index contributed by atoms with van der Waals surface area (Å²) in [5, 5.41) is 28.7. The molecule has 24 nitrogen and oxygen atoms in total. The Bertz CT molecular complexity index is 1800. The van der Waals surface area contributed by atoms with Gasteiger partial charge in [0.25, 0.3) is 0 Å².